The third kappa shape index (κ3) is 2.89. The Labute approximate surface area is 113 Å². The molecule has 0 atom stereocenters. The predicted octanol–water partition coefficient (Wildman–Crippen LogP) is 2.63. The van der Waals surface area contributed by atoms with Crippen LogP contribution >= 0.6 is 0 Å². The van der Waals surface area contributed by atoms with Crippen molar-refractivity contribution in [1.29, 1.82) is 0 Å². The summed E-state index contributed by atoms with van der Waals surface area (Å²) in [4.78, 5) is 0. The molecule has 0 nitrogen and oxygen atoms in total. The van der Waals surface area contributed by atoms with Gasteiger partial charge >= 0.3 is 113 Å². The maximum absolute atomic E-state index is 3.88. The van der Waals surface area contributed by atoms with Crippen LogP contribution in [0.2, 0.25) is 0 Å². The molecule has 0 bridgehead atoms. The Morgan fingerprint density at radius 1 is 0.706 bits per heavy atom. The molecule has 0 saturated carbocycles. The molecule has 0 heterocycles. The molecule has 2 aromatic carbocycles. The van der Waals surface area contributed by atoms with E-state index in [0.717, 1.165) is 0 Å². The quantitative estimate of drug-likeness (QED) is 0.758. The number of rotatable bonds is 4. The van der Waals surface area contributed by atoms with Crippen LogP contribution in [0, 0.1) is 0 Å². The summed E-state index contributed by atoms with van der Waals surface area (Å²) in [5, 5.41) is 0. The normalized spacial score (nSPS) is 9.88. The van der Waals surface area contributed by atoms with Crippen LogP contribution in [-0.2, 0) is 0 Å². The van der Waals surface area contributed by atoms with Gasteiger partial charge in [0, 0.05) is 0 Å². The van der Waals surface area contributed by atoms with Crippen molar-refractivity contribution in [2.24, 2.45) is 0 Å². The monoisotopic (exact) mass is 326 g/mol. The molecule has 0 aliphatic heterocycles. The van der Waals surface area contributed by atoms with Crippen molar-refractivity contribution in [3.05, 3.63) is 72.8 Å². The minimum atomic E-state index is -0.765. The molecule has 1 heteroatoms. The average molecular weight is 325 g/mol. The second-order valence-corrected chi connectivity index (χ2v) is 7.50. The Hall–Kier alpha value is -1.28. The molecule has 17 heavy (non-hydrogen) atoms. The summed E-state index contributed by atoms with van der Waals surface area (Å²) < 4.78 is 2.95. The van der Waals surface area contributed by atoms with E-state index in [4.69, 9.17) is 0 Å². The van der Waals surface area contributed by atoms with Crippen molar-refractivity contribution in [3.8, 4) is 0 Å². The molecule has 82 valence electrons. The van der Waals surface area contributed by atoms with E-state index < -0.39 is 21.1 Å². The summed E-state index contributed by atoms with van der Waals surface area (Å²) in [7, 11) is 0. The number of hydrogen-bond acceptors (Lipinski definition) is 0. The van der Waals surface area contributed by atoms with E-state index in [1.165, 1.54) is 18.3 Å². The van der Waals surface area contributed by atoms with Gasteiger partial charge in [-0.05, 0) is 0 Å². The van der Waals surface area contributed by atoms with Gasteiger partial charge in [-0.2, -0.15) is 0 Å². The van der Waals surface area contributed by atoms with E-state index in [1.807, 2.05) is 12.2 Å². The van der Waals surface area contributed by atoms with Gasteiger partial charge in [0.05, 0.1) is 0 Å². The van der Waals surface area contributed by atoms with E-state index in [-0.39, 0.29) is 0 Å². The molecule has 2 radical (unpaired) electrons. The van der Waals surface area contributed by atoms with Gasteiger partial charge in [0.1, 0.15) is 0 Å². The standard InChI is InChI=1S/2C8H7.Sn/c2*1-2-8-6-4-3-5-7-8;/h2*2-6H,1H2;. The van der Waals surface area contributed by atoms with Crippen molar-refractivity contribution < 1.29 is 0 Å². The molecule has 2 rings (SSSR count). The second kappa shape index (κ2) is 5.87. The number of hydrogen-bond donors (Lipinski definition) is 0. The Morgan fingerprint density at radius 2 is 1.12 bits per heavy atom. The van der Waals surface area contributed by atoms with Crippen LogP contribution in [0.25, 0.3) is 12.2 Å². The predicted molar refractivity (Wildman–Crippen MR) is 78.1 cm³/mol. The first-order chi connectivity index (χ1) is 8.35. The van der Waals surface area contributed by atoms with Gasteiger partial charge in [0.15, 0.2) is 0 Å². The van der Waals surface area contributed by atoms with E-state index in [9.17, 15) is 0 Å². The molecule has 0 unspecified atom stereocenters. The Balaban J connectivity index is 2.37. The van der Waals surface area contributed by atoms with E-state index in [2.05, 4.69) is 61.7 Å². The van der Waals surface area contributed by atoms with Gasteiger partial charge in [-0.25, -0.2) is 0 Å². The van der Waals surface area contributed by atoms with Crippen LogP contribution in [0.4, 0.5) is 0 Å². The Kier molecular flexibility index (Phi) is 4.21. The number of benzene rings is 2. The summed E-state index contributed by atoms with van der Waals surface area (Å²) in [5.41, 5.74) is 2.55. The van der Waals surface area contributed by atoms with E-state index in [1.54, 1.807) is 0 Å². The average Bonchev–Trinajstić information content (AvgIpc) is 2.40. The fraction of sp³-hybridized carbons (Fsp3) is 0. The van der Waals surface area contributed by atoms with Crippen molar-refractivity contribution in [3.63, 3.8) is 0 Å². The Morgan fingerprint density at radius 3 is 1.53 bits per heavy atom. The first-order valence-electron chi connectivity index (χ1n) is 5.55. The molecule has 0 spiro atoms. The molecule has 0 aliphatic carbocycles. The summed E-state index contributed by atoms with van der Waals surface area (Å²) in [6, 6.07) is 17.1. The van der Waals surface area contributed by atoms with Crippen molar-refractivity contribution in [2.45, 2.75) is 0 Å². The molecule has 0 N–H and O–H groups in total. The minimum absolute atomic E-state index is 0.765. The SMILES string of the molecule is C=Cc1cccc[c]1[Sn][c]1ccccc1C=C. The zero-order chi connectivity index (χ0) is 12.1. The van der Waals surface area contributed by atoms with Crippen LogP contribution < -0.4 is 7.16 Å². The molecule has 0 aliphatic rings. The van der Waals surface area contributed by atoms with Gasteiger partial charge in [-0.1, -0.05) is 0 Å². The van der Waals surface area contributed by atoms with Gasteiger partial charge in [-0.15, -0.1) is 0 Å². The summed E-state index contributed by atoms with van der Waals surface area (Å²) >= 11 is -0.765. The molecule has 0 fully saturated rings. The van der Waals surface area contributed by atoms with Crippen molar-refractivity contribution in [2.75, 3.05) is 0 Å². The molecule has 0 aromatic heterocycles. The fourth-order valence-corrected chi connectivity index (χ4v) is 5.46. The van der Waals surface area contributed by atoms with E-state index >= 15 is 0 Å². The summed E-state index contributed by atoms with van der Waals surface area (Å²) in [6.45, 7) is 7.77. The Bertz CT molecular complexity index is 491. The molecular formula is C16H14Sn. The zero-order valence-corrected chi connectivity index (χ0v) is 12.5. The molecule has 0 amide bonds. The topological polar surface area (TPSA) is 0 Å². The third-order valence-electron chi connectivity index (χ3n) is 2.63. The van der Waals surface area contributed by atoms with Crippen LogP contribution in [0.3, 0.4) is 0 Å². The van der Waals surface area contributed by atoms with Gasteiger partial charge in [0.25, 0.3) is 0 Å². The van der Waals surface area contributed by atoms with Crippen molar-refractivity contribution in [1.82, 2.24) is 0 Å². The van der Waals surface area contributed by atoms with Gasteiger partial charge in [0.2, 0.25) is 0 Å². The van der Waals surface area contributed by atoms with Crippen LogP contribution in [0.5, 0.6) is 0 Å². The molecular weight excluding hydrogens is 311 g/mol. The zero-order valence-electron chi connectivity index (χ0n) is 9.69. The first kappa shape index (κ1) is 12.2. The third-order valence-corrected chi connectivity index (χ3v) is 6.77. The molecule has 0 saturated heterocycles. The fourth-order valence-electron chi connectivity index (χ4n) is 1.72. The van der Waals surface area contributed by atoms with Crippen LogP contribution in [0.15, 0.2) is 61.7 Å². The second-order valence-electron chi connectivity index (χ2n) is 3.71. The van der Waals surface area contributed by atoms with Gasteiger partial charge < -0.3 is 0 Å². The summed E-state index contributed by atoms with van der Waals surface area (Å²) in [6.07, 6.45) is 3.90. The van der Waals surface area contributed by atoms with Crippen molar-refractivity contribution >= 4 is 40.5 Å². The van der Waals surface area contributed by atoms with Crippen LogP contribution in [0.1, 0.15) is 11.1 Å². The van der Waals surface area contributed by atoms with Crippen LogP contribution in [-0.4, -0.2) is 21.1 Å². The summed E-state index contributed by atoms with van der Waals surface area (Å²) in [5.74, 6) is 0. The molecule has 2 aromatic rings. The maximum atomic E-state index is 3.88. The first-order valence-corrected chi connectivity index (χ1v) is 8.40. The van der Waals surface area contributed by atoms with Gasteiger partial charge in [-0.3, -0.25) is 0 Å². The van der Waals surface area contributed by atoms with E-state index in [0.29, 0.717) is 0 Å².